The van der Waals surface area contributed by atoms with Gasteiger partial charge in [0.15, 0.2) is 0 Å². The van der Waals surface area contributed by atoms with Gasteiger partial charge in [-0.05, 0) is 40.5 Å². The van der Waals surface area contributed by atoms with Crippen LogP contribution >= 0.6 is 27.5 Å². The molecule has 96 valence electrons. The third kappa shape index (κ3) is 3.13. The molecule has 18 heavy (non-hydrogen) atoms. The van der Waals surface area contributed by atoms with Crippen molar-refractivity contribution in [3.05, 3.63) is 50.7 Å². The summed E-state index contributed by atoms with van der Waals surface area (Å²) in [6.07, 6.45) is 1.90. The van der Waals surface area contributed by atoms with Crippen molar-refractivity contribution in [2.45, 2.75) is 20.0 Å². The normalized spacial score (nSPS) is 10.9. The topological polar surface area (TPSA) is 29.9 Å². The zero-order chi connectivity index (χ0) is 13.1. The fourth-order valence-electron chi connectivity index (χ4n) is 1.71. The van der Waals surface area contributed by atoms with Crippen molar-refractivity contribution >= 4 is 27.5 Å². The number of hydrogen-bond donors (Lipinski definition) is 1. The minimum absolute atomic E-state index is 0.742. The molecule has 0 unspecified atom stereocenters. The molecule has 0 aliphatic rings. The van der Waals surface area contributed by atoms with Gasteiger partial charge in [-0.1, -0.05) is 17.7 Å². The molecule has 0 atom stereocenters. The van der Waals surface area contributed by atoms with Crippen molar-refractivity contribution in [2.24, 2.45) is 7.05 Å². The monoisotopic (exact) mass is 327 g/mol. The van der Waals surface area contributed by atoms with Crippen LogP contribution in [0.15, 0.2) is 28.9 Å². The summed E-state index contributed by atoms with van der Waals surface area (Å²) < 4.78 is 2.81. The van der Waals surface area contributed by atoms with Crippen molar-refractivity contribution in [3.8, 4) is 0 Å². The van der Waals surface area contributed by atoms with Crippen LogP contribution in [0.3, 0.4) is 0 Å². The lowest BCUT2D eigenvalue weighted by Gasteiger charge is -2.06. The Morgan fingerprint density at radius 3 is 2.78 bits per heavy atom. The van der Waals surface area contributed by atoms with Gasteiger partial charge >= 0.3 is 0 Å². The zero-order valence-electron chi connectivity index (χ0n) is 10.4. The lowest BCUT2D eigenvalue weighted by molar-refractivity contribution is 0.684. The van der Waals surface area contributed by atoms with Crippen LogP contribution in [0.5, 0.6) is 0 Å². The molecule has 0 saturated heterocycles. The van der Waals surface area contributed by atoms with E-state index in [-0.39, 0.29) is 0 Å². The van der Waals surface area contributed by atoms with Gasteiger partial charge < -0.3 is 5.32 Å². The minimum atomic E-state index is 0.742. The van der Waals surface area contributed by atoms with Crippen molar-refractivity contribution < 1.29 is 0 Å². The van der Waals surface area contributed by atoms with Crippen molar-refractivity contribution in [3.63, 3.8) is 0 Å². The lowest BCUT2D eigenvalue weighted by Crippen LogP contribution is -2.13. The molecule has 0 aliphatic heterocycles. The highest BCUT2D eigenvalue weighted by Crippen LogP contribution is 2.23. The van der Waals surface area contributed by atoms with Gasteiger partial charge in [0.1, 0.15) is 0 Å². The van der Waals surface area contributed by atoms with E-state index in [9.17, 15) is 0 Å². The van der Waals surface area contributed by atoms with Crippen LogP contribution in [0, 0.1) is 6.92 Å². The first-order chi connectivity index (χ1) is 8.58. The van der Waals surface area contributed by atoms with Crippen LogP contribution in [-0.2, 0) is 20.1 Å². The van der Waals surface area contributed by atoms with Gasteiger partial charge in [0.2, 0.25) is 0 Å². The SMILES string of the molecule is Cc1c(CNCc2ccc(Br)c(Cl)c2)cnn1C. The highest BCUT2D eigenvalue weighted by molar-refractivity contribution is 9.10. The van der Waals surface area contributed by atoms with E-state index in [0.717, 1.165) is 22.6 Å². The summed E-state index contributed by atoms with van der Waals surface area (Å²) in [5.41, 5.74) is 3.58. The van der Waals surface area contributed by atoms with E-state index in [0.29, 0.717) is 0 Å². The quantitative estimate of drug-likeness (QED) is 0.932. The molecule has 0 spiro atoms. The molecule has 0 fully saturated rings. The first-order valence-corrected chi connectivity index (χ1v) is 6.87. The molecule has 1 aromatic heterocycles. The molecule has 2 aromatic rings. The van der Waals surface area contributed by atoms with Crippen LogP contribution in [0.2, 0.25) is 5.02 Å². The summed E-state index contributed by atoms with van der Waals surface area (Å²) in [7, 11) is 1.95. The molecule has 0 radical (unpaired) electrons. The number of aryl methyl sites for hydroxylation is 1. The predicted molar refractivity (Wildman–Crippen MR) is 77.6 cm³/mol. The maximum atomic E-state index is 6.05. The highest BCUT2D eigenvalue weighted by Gasteiger charge is 2.03. The van der Waals surface area contributed by atoms with Crippen molar-refractivity contribution in [1.29, 1.82) is 0 Å². The van der Waals surface area contributed by atoms with Crippen LogP contribution in [0.1, 0.15) is 16.8 Å². The van der Waals surface area contributed by atoms with Crippen molar-refractivity contribution in [1.82, 2.24) is 15.1 Å². The zero-order valence-corrected chi connectivity index (χ0v) is 12.7. The average molecular weight is 329 g/mol. The van der Waals surface area contributed by atoms with E-state index in [2.05, 4.69) is 39.3 Å². The summed E-state index contributed by atoms with van der Waals surface area (Å²) in [6.45, 7) is 3.68. The molecule has 5 heteroatoms. The third-order valence-electron chi connectivity index (χ3n) is 2.97. The van der Waals surface area contributed by atoms with Crippen LogP contribution in [0.25, 0.3) is 0 Å². The van der Waals surface area contributed by atoms with Gasteiger partial charge in [0.05, 0.1) is 11.2 Å². The Balaban J connectivity index is 1.92. The summed E-state index contributed by atoms with van der Waals surface area (Å²) in [5.74, 6) is 0. The van der Waals surface area contributed by atoms with Crippen LogP contribution in [-0.4, -0.2) is 9.78 Å². The smallest absolute Gasteiger partial charge is 0.0551 e. The predicted octanol–water partition coefficient (Wildman–Crippen LogP) is 3.43. The summed E-state index contributed by atoms with van der Waals surface area (Å²) in [5, 5.41) is 8.35. The highest BCUT2D eigenvalue weighted by atomic mass is 79.9. The Morgan fingerprint density at radius 1 is 1.39 bits per heavy atom. The average Bonchev–Trinajstić information content (AvgIpc) is 2.66. The lowest BCUT2D eigenvalue weighted by atomic mass is 10.2. The van der Waals surface area contributed by atoms with Gasteiger partial charge in [0, 0.05) is 35.9 Å². The fraction of sp³-hybridized carbons (Fsp3) is 0.308. The molecular weight excluding hydrogens is 314 g/mol. The first kappa shape index (κ1) is 13.6. The molecular formula is C13H15BrClN3. The standard InChI is InChI=1S/C13H15BrClN3/c1-9-11(8-17-18(9)2)7-16-6-10-3-4-12(14)13(15)5-10/h3-5,8,16H,6-7H2,1-2H3. The van der Waals surface area contributed by atoms with E-state index in [1.54, 1.807) is 0 Å². The molecule has 0 amide bonds. The van der Waals surface area contributed by atoms with Crippen LogP contribution < -0.4 is 5.32 Å². The van der Waals surface area contributed by atoms with Crippen molar-refractivity contribution in [2.75, 3.05) is 0 Å². The van der Waals surface area contributed by atoms with E-state index < -0.39 is 0 Å². The Morgan fingerprint density at radius 2 is 2.17 bits per heavy atom. The number of aromatic nitrogens is 2. The Kier molecular flexibility index (Phi) is 4.43. The minimum Gasteiger partial charge on any atom is -0.308 e. The number of benzene rings is 1. The second-order valence-corrected chi connectivity index (χ2v) is 5.49. The van der Waals surface area contributed by atoms with E-state index >= 15 is 0 Å². The molecule has 2 rings (SSSR count). The van der Waals surface area contributed by atoms with Crippen LogP contribution in [0.4, 0.5) is 0 Å². The maximum absolute atomic E-state index is 6.05. The molecule has 3 nitrogen and oxygen atoms in total. The second kappa shape index (κ2) is 5.87. The first-order valence-electron chi connectivity index (χ1n) is 5.70. The number of rotatable bonds is 4. The fourth-order valence-corrected chi connectivity index (χ4v) is 2.16. The van der Waals surface area contributed by atoms with E-state index in [4.69, 9.17) is 11.6 Å². The Bertz CT molecular complexity index is 551. The maximum Gasteiger partial charge on any atom is 0.0551 e. The number of hydrogen-bond acceptors (Lipinski definition) is 2. The molecule has 0 aliphatic carbocycles. The second-order valence-electron chi connectivity index (χ2n) is 4.23. The number of nitrogens with one attached hydrogen (secondary N) is 1. The van der Waals surface area contributed by atoms with E-state index in [1.165, 1.54) is 16.8 Å². The molecule has 1 N–H and O–H groups in total. The molecule has 0 bridgehead atoms. The summed E-state index contributed by atoms with van der Waals surface area (Å²) >= 11 is 9.43. The van der Waals surface area contributed by atoms with Gasteiger partial charge in [-0.15, -0.1) is 0 Å². The summed E-state index contributed by atoms with van der Waals surface area (Å²) in [6, 6.07) is 5.99. The van der Waals surface area contributed by atoms with E-state index in [1.807, 2.05) is 30.1 Å². The number of nitrogens with zero attached hydrogens (tertiary/aromatic N) is 2. The molecule has 1 heterocycles. The number of halogens is 2. The van der Waals surface area contributed by atoms with Gasteiger partial charge in [-0.25, -0.2) is 0 Å². The Labute approximate surface area is 120 Å². The van der Waals surface area contributed by atoms with Gasteiger partial charge in [-0.2, -0.15) is 5.10 Å². The molecule has 1 aromatic carbocycles. The van der Waals surface area contributed by atoms with Gasteiger partial charge in [0.25, 0.3) is 0 Å². The third-order valence-corrected chi connectivity index (χ3v) is 4.20. The summed E-state index contributed by atoms with van der Waals surface area (Å²) in [4.78, 5) is 0. The molecule has 0 saturated carbocycles. The largest absolute Gasteiger partial charge is 0.308 e. The van der Waals surface area contributed by atoms with Gasteiger partial charge in [-0.3, -0.25) is 4.68 Å². The Hall–Kier alpha value is -0.840.